The van der Waals surface area contributed by atoms with Gasteiger partial charge in [-0.2, -0.15) is 0 Å². The van der Waals surface area contributed by atoms with Gasteiger partial charge in [-0.15, -0.1) is 0 Å². The number of nitrogens with one attached hydrogen (secondary N) is 2. The molecule has 0 aliphatic heterocycles. The normalized spacial score (nSPS) is 12.0. The van der Waals surface area contributed by atoms with E-state index in [0.29, 0.717) is 24.6 Å². The van der Waals surface area contributed by atoms with Crippen molar-refractivity contribution < 1.29 is 14.6 Å². The van der Waals surface area contributed by atoms with E-state index in [1.807, 2.05) is 19.1 Å². The average molecular weight is 364 g/mol. The van der Waals surface area contributed by atoms with Crippen molar-refractivity contribution in [3.8, 4) is 0 Å². The Morgan fingerprint density at radius 3 is 2.23 bits per heavy atom. The highest BCUT2D eigenvalue weighted by molar-refractivity contribution is 5.89. The highest BCUT2D eigenvalue weighted by Crippen LogP contribution is 2.18. The van der Waals surface area contributed by atoms with Crippen LogP contribution in [0, 0.1) is 0 Å². The number of aliphatic hydroxyl groups is 1. The Bertz CT molecular complexity index is 564. The summed E-state index contributed by atoms with van der Waals surface area (Å²) in [7, 11) is 1.37. The van der Waals surface area contributed by atoms with Crippen molar-refractivity contribution in [2.24, 2.45) is 4.99 Å². The number of guanidine groups is 1. The van der Waals surface area contributed by atoms with Crippen LogP contribution in [0.2, 0.25) is 0 Å². The number of ether oxygens (including phenoxy) is 1. The minimum Gasteiger partial charge on any atom is -0.465 e. The van der Waals surface area contributed by atoms with Crippen molar-refractivity contribution in [2.75, 3.05) is 20.2 Å². The summed E-state index contributed by atoms with van der Waals surface area (Å²) in [6.45, 7) is 7.87. The summed E-state index contributed by atoms with van der Waals surface area (Å²) in [6.07, 6.45) is 3.42. The second kappa shape index (κ2) is 11.5. The molecule has 0 atom stereocenters. The molecule has 0 aromatic heterocycles. The van der Waals surface area contributed by atoms with Crippen LogP contribution in [0.5, 0.6) is 0 Å². The Morgan fingerprint density at radius 1 is 1.12 bits per heavy atom. The third kappa shape index (κ3) is 7.44. The van der Waals surface area contributed by atoms with E-state index in [2.05, 4.69) is 29.5 Å². The summed E-state index contributed by atoms with van der Waals surface area (Å²) in [5.41, 5.74) is 0.809. The fourth-order valence-corrected chi connectivity index (χ4v) is 2.86. The summed E-state index contributed by atoms with van der Waals surface area (Å²) in [4.78, 5) is 16.0. The Hall–Kier alpha value is -2.08. The van der Waals surface area contributed by atoms with Crippen LogP contribution in [0.15, 0.2) is 29.3 Å². The summed E-state index contributed by atoms with van der Waals surface area (Å²) in [6, 6.07) is 7.20. The lowest BCUT2D eigenvalue weighted by Crippen LogP contribution is -2.47. The average Bonchev–Trinajstić information content (AvgIpc) is 2.64. The molecule has 3 N–H and O–H groups in total. The van der Waals surface area contributed by atoms with Gasteiger partial charge in [-0.3, -0.25) is 0 Å². The Morgan fingerprint density at radius 2 is 1.73 bits per heavy atom. The number of hydrogen-bond donors (Lipinski definition) is 3. The third-order valence-electron chi connectivity index (χ3n) is 4.15. The molecule has 0 heterocycles. The zero-order valence-corrected chi connectivity index (χ0v) is 16.5. The van der Waals surface area contributed by atoms with Crippen LogP contribution in [-0.2, 0) is 11.3 Å². The van der Waals surface area contributed by atoms with E-state index in [1.165, 1.54) is 7.11 Å². The highest BCUT2D eigenvalue weighted by Gasteiger charge is 2.24. The van der Waals surface area contributed by atoms with Crippen molar-refractivity contribution in [3.05, 3.63) is 35.4 Å². The molecule has 0 aliphatic rings. The lowest BCUT2D eigenvalue weighted by Gasteiger charge is -2.28. The molecular weight excluding hydrogens is 330 g/mol. The molecule has 6 heteroatoms. The smallest absolute Gasteiger partial charge is 0.337 e. The fourth-order valence-electron chi connectivity index (χ4n) is 2.86. The lowest BCUT2D eigenvalue weighted by atomic mass is 9.93. The van der Waals surface area contributed by atoms with E-state index in [4.69, 9.17) is 4.74 Å². The predicted molar refractivity (Wildman–Crippen MR) is 105 cm³/mol. The van der Waals surface area contributed by atoms with Gasteiger partial charge in [-0.05, 0) is 37.5 Å². The number of carbonyl (C=O) groups excluding carboxylic acids is 1. The van der Waals surface area contributed by atoms with Crippen LogP contribution in [0.1, 0.15) is 62.4 Å². The van der Waals surface area contributed by atoms with Gasteiger partial charge in [0, 0.05) is 13.1 Å². The molecule has 1 aromatic rings. The fraction of sp³-hybridized carbons (Fsp3) is 0.600. The maximum absolute atomic E-state index is 11.5. The lowest BCUT2D eigenvalue weighted by molar-refractivity contribution is 0.0257. The molecule has 0 saturated heterocycles. The molecule has 0 saturated carbocycles. The summed E-state index contributed by atoms with van der Waals surface area (Å²) in [5, 5.41) is 17.2. The standard InChI is InChI=1S/C20H33N3O3/c1-5-12-20(25,13-6-2)15-23-19(21-7-3)22-14-16-8-10-17(11-9-16)18(24)26-4/h8-11,25H,5-7,12-15H2,1-4H3,(H2,21,22,23). The summed E-state index contributed by atoms with van der Waals surface area (Å²) < 4.78 is 4.70. The molecule has 146 valence electrons. The number of nitrogens with zero attached hydrogens (tertiary/aromatic N) is 1. The first kappa shape index (κ1) is 22.0. The molecule has 1 aromatic carbocycles. The number of rotatable bonds is 10. The van der Waals surface area contributed by atoms with Gasteiger partial charge in [0.1, 0.15) is 0 Å². The van der Waals surface area contributed by atoms with Gasteiger partial charge >= 0.3 is 5.97 Å². The maximum atomic E-state index is 11.5. The first-order valence-corrected chi connectivity index (χ1v) is 9.39. The van der Waals surface area contributed by atoms with Crippen LogP contribution >= 0.6 is 0 Å². The van der Waals surface area contributed by atoms with Gasteiger partial charge in [-0.1, -0.05) is 38.8 Å². The molecule has 6 nitrogen and oxygen atoms in total. The summed E-state index contributed by atoms with van der Waals surface area (Å²) in [5.74, 6) is 0.330. The first-order valence-electron chi connectivity index (χ1n) is 9.39. The SMILES string of the molecule is CCCC(O)(CCC)CNC(=NCc1ccc(C(=O)OC)cc1)NCC. The van der Waals surface area contributed by atoms with Crippen molar-refractivity contribution in [2.45, 2.75) is 58.6 Å². The maximum Gasteiger partial charge on any atom is 0.337 e. The largest absolute Gasteiger partial charge is 0.465 e. The topological polar surface area (TPSA) is 83.0 Å². The van der Waals surface area contributed by atoms with Crippen LogP contribution < -0.4 is 10.6 Å². The second-order valence-electron chi connectivity index (χ2n) is 6.46. The van der Waals surface area contributed by atoms with Crippen LogP contribution in [-0.4, -0.2) is 42.8 Å². The monoisotopic (exact) mass is 363 g/mol. The molecule has 1 rings (SSSR count). The summed E-state index contributed by atoms with van der Waals surface area (Å²) >= 11 is 0. The molecule has 0 radical (unpaired) electrons. The molecule has 0 bridgehead atoms. The van der Waals surface area contributed by atoms with Crippen LogP contribution in [0.25, 0.3) is 0 Å². The van der Waals surface area contributed by atoms with Crippen LogP contribution in [0.3, 0.4) is 0 Å². The molecule has 0 unspecified atom stereocenters. The Labute approximate surface area is 157 Å². The first-order chi connectivity index (χ1) is 12.5. The van der Waals surface area contributed by atoms with Gasteiger partial charge in [0.2, 0.25) is 0 Å². The highest BCUT2D eigenvalue weighted by atomic mass is 16.5. The van der Waals surface area contributed by atoms with Crippen LogP contribution in [0.4, 0.5) is 0 Å². The number of esters is 1. The quantitative estimate of drug-likeness (QED) is 0.338. The number of carbonyl (C=O) groups is 1. The molecule has 26 heavy (non-hydrogen) atoms. The molecular formula is C20H33N3O3. The van der Waals surface area contributed by atoms with Gasteiger partial charge in [-0.25, -0.2) is 9.79 Å². The molecule has 0 aliphatic carbocycles. The Kier molecular flexibility index (Phi) is 9.73. The number of benzene rings is 1. The van der Waals surface area contributed by atoms with E-state index < -0.39 is 5.60 Å². The Balaban J connectivity index is 2.71. The molecule has 0 fully saturated rings. The van der Waals surface area contributed by atoms with Crippen molar-refractivity contribution in [1.29, 1.82) is 0 Å². The zero-order chi connectivity index (χ0) is 19.4. The van der Waals surface area contributed by atoms with Crippen molar-refractivity contribution in [3.63, 3.8) is 0 Å². The van der Waals surface area contributed by atoms with Gasteiger partial charge in [0.15, 0.2) is 5.96 Å². The predicted octanol–water partition coefficient (Wildman–Crippen LogP) is 2.86. The van der Waals surface area contributed by atoms with Gasteiger partial charge in [0.25, 0.3) is 0 Å². The van der Waals surface area contributed by atoms with E-state index in [9.17, 15) is 9.90 Å². The van der Waals surface area contributed by atoms with Crippen molar-refractivity contribution >= 4 is 11.9 Å². The third-order valence-corrected chi connectivity index (χ3v) is 4.15. The number of methoxy groups -OCH3 is 1. The molecule has 0 spiro atoms. The number of aliphatic imine (C=N–C) groups is 1. The van der Waals surface area contributed by atoms with E-state index in [0.717, 1.165) is 37.8 Å². The minimum absolute atomic E-state index is 0.346. The van der Waals surface area contributed by atoms with E-state index >= 15 is 0 Å². The van der Waals surface area contributed by atoms with Crippen molar-refractivity contribution in [1.82, 2.24) is 10.6 Å². The zero-order valence-electron chi connectivity index (χ0n) is 16.5. The second-order valence-corrected chi connectivity index (χ2v) is 6.46. The van der Waals surface area contributed by atoms with E-state index in [-0.39, 0.29) is 5.97 Å². The van der Waals surface area contributed by atoms with Gasteiger partial charge in [0.05, 0.1) is 24.8 Å². The molecule has 0 amide bonds. The van der Waals surface area contributed by atoms with Gasteiger partial charge < -0.3 is 20.5 Å². The number of hydrogen-bond acceptors (Lipinski definition) is 4. The minimum atomic E-state index is -0.706. The van der Waals surface area contributed by atoms with E-state index in [1.54, 1.807) is 12.1 Å².